The van der Waals surface area contributed by atoms with E-state index >= 15 is 0 Å². The first-order valence-electron chi connectivity index (χ1n) is 9.22. The molecule has 1 atom stereocenters. The molecule has 2 aromatic heterocycles. The first-order valence-corrected chi connectivity index (χ1v) is 9.22. The van der Waals surface area contributed by atoms with Crippen molar-refractivity contribution >= 4 is 11.6 Å². The van der Waals surface area contributed by atoms with E-state index in [1.807, 2.05) is 66.0 Å². The number of amides is 1. The van der Waals surface area contributed by atoms with E-state index in [0.717, 1.165) is 11.4 Å². The van der Waals surface area contributed by atoms with Crippen LogP contribution in [0.4, 0.5) is 5.69 Å². The summed E-state index contributed by atoms with van der Waals surface area (Å²) >= 11 is 0. The maximum atomic E-state index is 12.9. The van der Waals surface area contributed by atoms with E-state index in [9.17, 15) is 9.90 Å². The van der Waals surface area contributed by atoms with E-state index in [0.29, 0.717) is 36.7 Å². The van der Waals surface area contributed by atoms with Crippen LogP contribution in [0.15, 0.2) is 42.7 Å². The van der Waals surface area contributed by atoms with Crippen molar-refractivity contribution in [2.45, 2.75) is 19.2 Å². The minimum atomic E-state index is -0.888. The van der Waals surface area contributed by atoms with E-state index in [2.05, 4.69) is 10.1 Å². The smallest absolute Gasteiger partial charge is 0.254 e. The molecule has 3 aromatic rings. The molecule has 28 heavy (non-hydrogen) atoms. The summed E-state index contributed by atoms with van der Waals surface area (Å²) < 4.78 is 3.64. The van der Waals surface area contributed by atoms with Gasteiger partial charge in [0.1, 0.15) is 5.82 Å². The maximum Gasteiger partial charge on any atom is 0.254 e. The van der Waals surface area contributed by atoms with E-state index in [4.69, 9.17) is 0 Å². The highest BCUT2D eigenvalue weighted by atomic mass is 16.3. The van der Waals surface area contributed by atoms with Crippen molar-refractivity contribution in [1.82, 2.24) is 24.2 Å². The molecule has 1 aromatic carbocycles. The average molecular weight is 380 g/mol. The number of hydrogen-bond donors (Lipinski definition) is 1. The number of aliphatic hydroxyl groups excluding tert-OH is 1. The van der Waals surface area contributed by atoms with Crippen molar-refractivity contribution in [3.63, 3.8) is 0 Å². The number of hydrogen-bond acceptors (Lipinski definition) is 5. The van der Waals surface area contributed by atoms with Gasteiger partial charge in [0.2, 0.25) is 0 Å². The Morgan fingerprint density at radius 2 is 1.96 bits per heavy atom. The van der Waals surface area contributed by atoms with E-state index in [-0.39, 0.29) is 5.91 Å². The summed E-state index contributed by atoms with van der Waals surface area (Å²) in [5.74, 6) is 0.549. The zero-order chi connectivity index (χ0) is 19.8. The number of fused-ring (bicyclic) bond motifs is 1. The van der Waals surface area contributed by atoms with Gasteiger partial charge in [-0.2, -0.15) is 5.10 Å². The highest BCUT2D eigenvalue weighted by molar-refractivity contribution is 5.94. The second-order valence-corrected chi connectivity index (χ2v) is 7.25. The molecular weight excluding hydrogens is 356 g/mol. The van der Waals surface area contributed by atoms with Crippen LogP contribution < -0.4 is 4.90 Å². The first kappa shape index (κ1) is 18.2. The Kier molecular flexibility index (Phi) is 4.64. The second kappa shape index (κ2) is 7.12. The summed E-state index contributed by atoms with van der Waals surface area (Å²) in [4.78, 5) is 20.9. The number of aryl methyl sites for hydroxylation is 1. The molecule has 0 spiro atoms. The quantitative estimate of drug-likeness (QED) is 0.741. The third kappa shape index (κ3) is 3.27. The molecule has 0 saturated carbocycles. The van der Waals surface area contributed by atoms with Crippen molar-refractivity contribution in [2.75, 3.05) is 25.5 Å². The molecule has 1 aliphatic rings. The number of imidazole rings is 1. The lowest BCUT2D eigenvalue weighted by Crippen LogP contribution is -2.38. The van der Waals surface area contributed by atoms with Crippen LogP contribution in [0.25, 0.3) is 0 Å². The van der Waals surface area contributed by atoms with Gasteiger partial charge in [0, 0.05) is 51.3 Å². The van der Waals surface area contributed by atoms with Crippen LogP contribution in [0, 0.1) is 0 Å². The minimum Gasteiger partial charge on any atom is -0.379 e. The van der Waals surface area contributed by atoms with Crippen LogP contribution in [0.5, 0.6) is 0 Å². The Balaban J connectivity index is 1.51. The van der Waals surface area contributed by atoms with Crippen molar-refractivity contribution < 1.29 is 9.90 Å². The van der Waals surface area contributed by atoms with E-state index in [1.165, 1.54) is 0 Å². The van der Waals surface area contributed by atoms with Gasteiger partial charge in [0.25, 0.3) is 5.91 Å². The molecule has 0 radical (unpaired) electrons. The Labute approximate surface area is 163 Å². The number of carbonyl (C=O) groups excluding carboxylic acids is 1. The predicted octanol–water partition coefficient (Wildman–Crippen LogP) is 1.42. The molecule has 0 fully saturated rings. The average Bonchev–Trinajstić information content (AvgIpc) is 3.32. The fourth-order valence-corrected chi connectivity index (χ4v) is 3.45. The van der Waals surface area contributed by atoms with Gasteiger partial charge in [0.15, 0.2) is 6.10 Å². The Bertz CT molecular complexity index is 989. The summed E-state index contributed by atoms with van der Waals surface area (Å²) in [6.45, 7) is 1.65. The molecule has 8 nitrogen and oxygen atoms in total. The molecule has 1 unspecified atom stereocenters. The molecule has 146 valence electrons. The number of aliphatic hydroxyl groups is 1. The van der Waals surface area contributed by atoms with Crippen LogP contribution in [-0.2, 0) is 20.1 Å². The molecule has 1 N–H and O–H groups in total. The fourth-order valence-electron chi connectivity index (χ4n) is 3.45. The molecule has 0 aliphatic carbocycles. The largest absolute Gasteiger partial charge is 0.379 e. The highest BCUT2D eigenvalue weighted by Gasteiger charge is 2.26. The first-order chi connectivity index (χ1) is 13.4. The minimum absolute atomic E-state index is 0.00366. The van der Waals surface area contributed by atoms with Crippen molar-refractivity contribution in [2.24, 2.45) is 7.05 Å². The third-order valence-corrected chi connectivity index (χ3v) is 5.12. The van der Waals surface area contributed by atoms with Crippen LogP contribution in [0.2, 0.25) is 0 Å². The van der Waals surface area contributed by atoms with Gasteiger partial charge < -0.3 is 19.5 Å². The molecule has 4 rings (SSSR count). The molecule has 1 amide bonds. The predicted molar refractivity (Wildman–Crippen MR) is 105 cm³/mol. The summed E-state index contributed by atoms with van der Waals surface area (Å²) in [5, 5.41) is 15.1. The topological polar surface area (TPSA) is 79.4 Å². The van der Waals surface area contributed by atoms with Crippen LogP contribution in [-0.4, -0.2) is 55.9 Å². The summed E-state index contributed by atoms with van der Waals surface area (Å²) in [6.07, 6.45) is 2.55. The zero-order valence-electron chi connectivity index (χ0n) is 16.3. The lowest BCUT2D eigenvalue weighted by molar-refractivity contribution is 0.0706. The Morgan fingerprint density at radius 1 is 1.21 bits per heavy atom. The second-order valence-electron chi connectivity index (χ2n) is 7.25. The van der Waals surface area contributed by atoms with Gasteiger partial charge in [-0.1, -0.05) is 0 Å². The summed E-state index contributed by atoms with van der Waals surface area (Å²) in [7, 11) is 5.78. The third-order valence-electron chi connectivity index (χ3n) is 5.12. The molecule has 3 heterocycles. The SMILES string of the molecule is CN(C)c1ccc(C(=O)N2CCn3nc(C(O)c4nccn4C)cc3C2)cc1. The fraction of sp³-hybridized carbons (Fsp3) is 0.350. The van der Waals surface area contributed by atoms with E-state index in [1.54, 1.807) is 17.0 Å². The zero-order valence-corrected chi connectivity index (χ0v) is 16.3. The lowest BCUT2D eigenvalue weighted by atomic mass is 10.1. The summed E-state index contributed by atoms with van der Waals surface area (Å²) in [5.41, 5.74) is 3.19. The standard InChI is InChI=1S/C20H24N6O2/c1-23(2)15-6-4-14(5-7-15)20(28)25-10-11-26-16(13-25)12-17(22-26)18(27)19-21-8-9-24(19)3/h4-9,12,18,27H,10-11,13H2,1-3H3. The number of anilines is 1. The number of rotatable bonds is 4. The van der Waals surface area contributed by atoms with Crippen molar-refractivity contribution in [1.29, 1.82) is 0 Å². The Morgan fingerprint density at radius 3 is 2.61 bits per heavy atom. The monoisotopic (exact) mass is 380 g/mol. The van der Waals surface area contributed by atoms with Crippen LogP contribution in [0.3, 0.4) is 0 Å². The molecule has 8 heteroatoms. The van der Waals surface area contributed by atoms with Gasteiger partial charge in [-0.05, 0) is 30.3 Å². The molecule has 0 saturated heterocycles. The number of aromatic nitrogens is 4. The van der Waals surface area contributed by atoms with E-state index < -0.39 is 6.10 Å². The summed E-state index contributed by atoms with van der Waals surface area (Å²) in [6, 6.07) is 9.47. The van der Waals surface area contributed by atoms with Gasteiger partial charge >= 0.3 is 0 Å². The molecule has 1 aliphatic heterocycles. The van der Waals surface area contributed by atoms with Crippen molar-refractivity contribution in [3.8, 4) is 0 Å². The van der Waals surface area contributed by atoms with Crippen LogP contribution in [0.1, 0.15) is 33.7 Å². The van der Waals surface area contributed by atoms with Crippen molar-refractivity contribution in [3.05, 3.63) is 65.5 Å². The van der Waals surface area contributed by atoms with Crippen LogP contribution >= 0.6 is 0 Å². The van der Waals surface area contributed by atoms with Gasteiger partial charge in [-0.25, -0.2) is 4.98 Å². The number of carbonyl (C=O) groups is 1. The van der Waals surface area contributed by atoms with Gasteiger partial charge in [-0.3, -0.25) is 9.48 Å². The Hall–Kier alpha value is -3.13. The highest BCUT2D eigenvalue weighted by Crippen LogP contribution is 2.23. The maximum absolute atomic E-state index is 12.9. The normalized spacial score (nSPS) is 14.6. The molecular formula is C20H24N6O2. The lowest BCUT2D eigenvalue weighted by Gasteiger charge is -2.28. The van der Waals surface area contributed by atoms with Gasteiger partial charge in [-0.15, -0.1) is 0 Å². The van der Waals surface area contributed by atoms with Gasteiger partial charge in [0.05, 0.1) is 24.5 Å². The molecule has 0 bridgehead atoms. The number of nitrogens with zero attached hydrogens (tertiary/aromatic N) is 6. The number of benzene rings is 1.